The van der Waals surface area contributed by atoms with Crippen LogP contribution in [0.25, 0.3) is 0 Å². The smallest absolute Gasteiger partial charge is 0.339 e. The number of aromatic carboxylic acids is 1. The number of aryl methyl sites for hydroxylation is 1. The molecule has 3 nitrogen and oxygen atoms in total. The normalized spacial score (nSPS) is 11.3. The Balaban J connectivity index is 2.45. The van der Waals surface area contributed by atoms with E-state index in [1.54, 1.807) is 6.07 Å². The third-order valence-electron chi connectivity index (χ3n) is 3.50. The van der Waals surface area contributed by atoms with Crippen molar-refractivity contribution in [1.82, 2.24) is 0 Å². The summed E-state index contributed by atoms with van der Waals surface area (Å²) in [7, 11) is 0. The summed E-state index contributed by atoms with van der Waals surface area (Å²) in [5, 5.41) is 9.50. The zero-order valence-corrected chi connectivity index (χ0v) is 13.5. The van der Waals surface area contributed by atoms with Crippen LogP contribution in [0.3, 0.4) is 0 Å². The summed E-state index contributed by atoms with van der Waals surface area (Å²) in [4.78, 5) is 11.6. The average molecular weight is 298 g/mol. The fourth-order valence-electron chi connectivity index (χ4n) is 2.37. The van der Waals surface area contributed by atoms with Crippen molar-refractivity contribution in [3.63, 3.8) is 0 Å². The van der Waals surface area contributed by atoms with E-state index in [0.29, 0.717) is 12.4 Å². The van der Waals surface area contributed by atoms with Crippen molar-refractivity contribution < 1.29 is 14.6 Å². The molecule has 116 valence electrons. The van der Waals surface area contributed by atoms with Crippen molar-refractivity contribution in [1.29, 1.82) is 0 Å². The van der Waals surface area contributed by atoms with Crippen LogP contribution >= 0.6 is 0 Å². The van der Waals surface area contributed by atoms with Gasteiger partial charge in [0.1, 0.15) is 17.9 Å². The molecule has 2 aromatic rings. The van der Waals surface area contributed by atoms with Crippen molar-refractivity contribution in [2.24, 2.45) is 0 Å². The molecule has 0 spiro atoms. The molecule has 2 rings (SSSR count). The third kappa shape index (κ3) is 3.67. The van der Waals surface area contributed by atoms with Crippen LogP contribution in [0.2, 0.25) is 0 Å². The van der Waals surface area contributed by atoms with Gasteiger partial charge < -0.3 is 9.84 Å². The number of ether oxygens (including phenoxy) is 1. The highest BCUT2D eigenvalue weighted by Crippen LogP contribution is 2.36. The van der Waals surface area contributed by atoms with Crippen LogP contribution in [0.5, 0.6) is 5.75 Å². The minimum absolute atomic E-state index is 0.192. The zero-order valence-electron chi connectivity index (χ0n) is 13.5. The highest BCUT2D eigenvalue weighted by Gasteiger charge is 2.24. The second kappa shape index (κ2) is 6.22. The summed E-state index contributed by atoms with van der Waals surface area (Å²) in [6.45, 7) is 8.43. The van der Waals surface area contributed by atoms with Gasteiger partial charge in [0.25, 0.3) is 0 Å². The van der Waals surface area contributed by atoms with Gasteiger partial charge in [0, 0.05) is 5.56 Å². The zero-order chi connectivity index (χ0) is 16.3. The van der Waals surface area contributed by atoms with Crippen molar-refractivity contribution in [3.05, 3.63) is 64.7 Å². The molecule has 0 atom stereocenters. The third-order valence-corrected chi connectivity index (χ3v) is 3.50. The Morgan fingerprint density at radius 3 is 2.32 bits per heavy atom. The summed E-state index contributed by atoms with van der Waals surface area (Å²) in [5.41, 5.74) is 2.89. The van der Waals surface area contributed by atoms with Gasteiger partial charge in [-0.3, -0.25) is 0 Å². The average Bonchev–Trinajstić information content (AvgIpc) is 2.45. The Bertz CT molecular complexity index is 667. The minimum Gasteiger partial charge on any atom is -0.488 e. The lowest BCUT2D eigenvalue weighted by Crippen LogP contribution is -2.16. The predicted molar refractivity (Wildman–Crippen MR) is 87.6 cm³/mol. The van der Waals surface area contributed by atoms with E-state index in [0.717, 1.165) is 16.7 Å². The molecule has 0 aliphatic rings. The largest absolute Gasteiger partial charge is 0.488 e. The summed E-state index contributed by atoms with van der Waals surface area (Å²) < 4.78 is 5.92. The first-order valence-corrected chi connectivity index (χ1v) is 7.34. The van der Waals surface area contributed by atoms with E-state index in [1.807, 2.05) is 43.3 Å². The van der Waals surface area contributed by atoms with Crippen molar-refractivity contribution in [2.45, 2.75) is 39.7 Å². The molecule has 0 radical (unpaired) electrons. The topological polar surface area (TPSA) is 46.5 Å². The molecule has 0 aliphatic carbocycles. The van der Waals surface area contributed by atoms with E-state index >= 15 is 0 Å². The molecule has 2 aromatic carbocycles. The second-order valence-electron chi connectivity index (χ2n) is 6.52. The van der Waals surface area contributed by atoms with Gasteiger partial charge in [0.05, 0.1) is 0 Å². The molecular weight excluding hydrogens is 276 g/mol. The van der Waals surface area contributed by atoms with Crippen LogP contribution in [-0.4, -0.2) is 11.1 Å². The van der Waals surface area contributed by atoms with E-state index in [2.05, 4.69) is 20.8 Å². The van der Waals surface area contributed by atoms with Gasteiger partial charge >= 0.3 is 5.97 Å². The maximum Gasteiger partial charge on any atom is 0.339 e. The van der Waals surface area contributed by atoms with Gasteiger partial charge in [-0.2, -0.15) is 0 Å². The van der Waals surface area contributed by atoms with Crippen LogP contribution in [-0.2, 0) is 12.0 Å². The molecule has 0 unspecified atom stereocenters. The molecule has 0 heterocycles. The Morgan fingerprint density at radius 1 is 1.14 bits per heavy atom. The summed E-state index contributed by atoms with van der Waals surface area (Å²) in [5.74, 6) is -0.494. The van der Waals surface area contributed by atoms with Crippen molar-refractivity contribution in [3.8, 4) is 5.75 Å². The number of rotatable bonds is 4. The van der Waals surface area contributed by atoms with Crippen LogP contribution in [0.15, 0.2) is 42.5 Å². The Labute approximate surface area is 131 Å². The first-order valence-electron chi connectivity index (χ1n) is 7.34. The molecule has 22 heavy (non-hydrogen) atoms. The molecule has 0 aliphatic heterocycles. The van der Waals surface area contributed by atoms with Gasteiger partial charge in [0.2, 0.25) is 0 Å². The standard InChI is InChI=1S/C19H22O3/c1-13-10-15(18(20)21)17(16(11-13)19(2,3)4)22-12-14-8-6-5-7-9-14/h5-11H,12H2,1-4H3,(H,20,21). The quantitative estimate of drug-likeness (QED) is 0.899. The fraction of sp³-hybridized carbons (Fsp3) is 0.316. The van der Waals surface area contributed by atoms with Gasteiger partial charge in [-0.25, -0.2) is 4.79 Å². The molecule has 0 amide bonds. The Kier molecular flexibility index (Phi) is 4.55. The molecule has 0 saturated heterocycles. The number of benzene rings is 2. The molecule has 0 fully saturated rings. The minimum atomic E-state index is -0.961. The summed E-state index contributed by atoms with van der Waals surface area (Å²) in [6.07, 6.45) is 0. The highest BCUT2D eigenvalue weighted by molar-refractivity contribution is 5.92. The number of carbonyl (C=O) groups is 1. The Hall–Kier alpha value is -2.29. The SMILES string of the molecule is Cc1cc(C(=O)O)c(OCc2ccccc2)c(C(C)(C)C)c1. The van der Waals surface area contributed by atoms with E-state index < -0.39 is 5.97 Å². The van der Waals surface area contributed by atoms with Crippen molar-refractivity contribution >= 4 is 5.97 Å². The van der Waals surface area contributed by atoms with E-state index in [1.165, 1.54) is 0 Å². The number of carboxylic acids is 1. The van der Waals surface area contributed by atoms with Gasteiger partial charge in [-0.1, -0.05) is 57.2 Å². The maximum absolute atomic E-state index is 11.6. The molecular formula is C19H22O3. The molecule has 0 bridgehead atoms. The van der Waals surface area contributed by atoms with Crippen LogP contribution in [0.1, 0.15) is 47.8 Å². The monoisotopic (exact) mass is 298 g/mol. The first-order chi connectivity index (χ1) is 10.3. The number of carboxylic acid groups (broad SMARTS) is 1. The lowest BCUT2D eigenvalue weighted by atomic mass is 9.84. The summed E-state index contributed by atoms with van der Waals surface area (Å²) >= 11 is 0. The van der Waals surface area contributed by atoms with Gasteiger partial charge in [-0.15, -0.1) is 0 Å². The molecule has 0 aromatic heterocycles. The summed E-state index contributed by atoms with van der Waals surface area (Å²) in [6, 6.07) is 13.4. The van der Waals surface area contributed by atoms with E-state index in [4.69, 9.17) is 4.74 Å². The second-order valence-corrected chi connectivity index (χ2v) is 6.52. The van der Waals surface area contributed by atoms with E-state index in [-0.39, 0.29) is 11.0 Å². The Morgan fingerprint density at radius 2 is 1.77 bits per heavy atom. The first kappa shape index (κ1) is 16.1. The van der Waals surface area contributed by atoms with E-state index in [9.17, 15) is 9.90 Å². The van der Waals surface area contributed by atoms with Gasteiger partial charge in [-0.05, 0) is 29.5 Å². The van der Waals surface area contributed by atoms with Crippen LogP contribution < -0.4 is 4.74 Å². The molecule has 1 N–H and O–H groups in total. The van der Waals surface area contributed by atoms with Gasteiger partial charge in [0.15, 0.2) is 0 Å². The predicted octanol–water partition coefficient (Wildman–Crippen LogP) is 4.57. The highest BCUT2D eigenvalue weighted by atomic mass is 16.5. The lowest BCUT2D eigenvalue weighted by molar-refractivity contribution is 0.0691. The van der Waals surface area contributed by atoms with Crippen molar-refractivity contribution in [2.75, 3.05) is 0 Å². The fourth-order valence-corrected chi connectivity index (χ4v) is 2.37. The molecule has 0 saturated carbocycles. The molecule has 3 heteroatoms. The van der Waals surface area contributed by atoms with Crippen LogP contribution in [0, 0.1) is 6.92 Å². The number of hydrogen-bond acceptors (Lipinski definition) is 2. The van der Waals surface area contributed by atoms with Crippen LogP contribution in [0.4, 0.5) is 0 Å². The number of hydrogen-bond donors (Lipinski definition) is 1. The maximum atomic E-state index is 11.6. The lowest BCUT2D eigenvalue weighted by Gasteiger charge is -2.25.